The van der Waals surface area contributed by atoms with E-state index in [1.54, 1.807) is 0 Å². The lowest BCUT2D eigenvalue weighted by atomic mass is 10.3. The van der Waals surface area contributed by atoms with E-state index in [0.717, 1.165) is 0 Å². The fourth-order valence-corrected chi connectivity index (χ4v) is 0.373. The summed E-state index contributed by atoms with van der Waals surface area (Å²) in [5.74, 6) is -0.733. The molecule has 0 aromatic carbocycles. The van der Waals surface area contributed by atoms with Gasteiger partial charge in [0.05, 0.1) is 0 Å². The summed E-state index contributed by atoms with van der Waals surface area (Å²) in [5, 5.41) is 8.11. The quantitative estimate of drug-likeness (QED) is 0.699. The third-order valence-electron chi connectivity index (χ3n) is 0.761. The Morgan fingerprint density at radius 1 is 1.67 bits per heavy atom. The van der Waals surface area contributed by atoms with E-state index < -0.39 is 5.97 Å². The van der Waals surface area contributed by atoms with E-state index in [2.05, 4.69) is 0 Å². The minimum Gasteiger partial charge on any atom is -0.481 e. The first kappa shape index (κ1) is 11.5. The molecule has 0 atom stereocenters. The van der Waals surface area contributed by atoms with E-state index in [9.17, 15) is 4.79 Å². The molecule has 9 heavy (non-hydrogen) atoms. The molecule has 1 N–H and O–H groups in total. The molecule has 0 unspecified atom stereocenters. The number of hydrogen-bond acceptors (Lipinski definition) is 1. The molecule has 0 saturated heterocycles. The van der Waals surface area contributed by atoms with Crippen molar-refractivity contribution in [2.45, 2.75) is 19.8 Å². The second-order valence-electron chi connectivity index (χ2n) is 1.50. The van der Waals surface area contributed by atoms with Crippen molar-refractivity contribution in [3.05, 3.63) is 12.2 Å². The molecule has 0 aromatic rings. The number of allylic oxidation sites excluding steroid dienone is 2. The minimum atomic E-state index is -0.733. The summed E-state index contributed by atoms with van der Waals surface area (Å²) in [6.07, 6.45) is 4.58. The number of carboxylic acids is 1. The Labute approximate surface area is 65.3 Å². The predicted octanol–water partition coefficient (Wildman–Crippen LogP) is 2.01. The third-order valence-corrected chi connectivity index (χ3v) is 0.761. The number of rotatable bonds is 3. The van der Waals surface area contributed by atoms with Gasteiger partial charge in [0.2, 0.25) is 0 Å². The van der Waals surface area contributed by atoms with Crippen LogP contribution in [-0.2, 0) is 4.79 Å². The number of carbonyl (C=O) groups is 1. The fourth-order valence-electron chi connectivity index (χ4n) is 0.373. The molecule has 0 fully saturated rings. The van der Waals surface area contributed by atoms with Crippen molar-refractivity contribution < 1.29 is 9.90 Å². The molecule has 0 aromatic heterocycles. The average Bonchev–Trinajstić information content (AvgIpc) is 1.66. The minimum absolute atomic E-state index is 0. The Balaban J connectivity index is 0. The monoisotopic (exact) mass is 194 g/mol. The van der Waals surface area contributed by atoms with E-state index in [1.807, 2.05) is 19.1 Å². The zero-order valence-electron chi connectivity index (χ0n) is 5.33. The van der Waals surface area contributed by atoms with Crippen molar-refractivity contribution in [3.63, 3.8) is 0 Å². The number of aliphatic carboxylic acids is 1. The van der Waals surface area contributed by atoms with Gasteiger partial charge in [-0.25, -0.2) is 0 Å². The third kappa shape index (κ3) is 11.3. The van der Waals surface area contributed by atoms with Crippen molar-refractivity contribution >= 4 is 23.0 Å². The second kappa shape index (κ2) is 7.69. The Kier molecular flexibility index (Phi) is 9.81. The maximum atomic E-state index is 9.84. The van der Waals surface area contributed by atoms with Crippen molar-refractivity contribution in [1.82, 2.24) is 0 Å². The van der Waals surface area contributed by atoms with Gasteiger partial charge >= 0.3 is 5.97 Å². The normalized spacial score (nSPS) is 9.00. The number of hydrogen-bond donors (Lipinski definition) is 1. The van der Waals surface area contributed by atoms with Gasteiger partial charge in [-0.3, -0.25) is 4.79 Å². The highest BCUT2D eigenvalue weighted by Crippen LogP contribution is 1.88. The molecule has 0 aliphatic rings. The van der Waals surface area contributed by atoms with Crippen LogP contribution in [0.3, 0.4) is 0 Å². The summed E-state index contributed by atoms with van der Waals surface area (Å²) in [6.45, 7) is 1.88. The second-order valence-corrected chi connectivity index (χ2v) is 1.50. The zero-order valence-corrected chi connectivity index (χ0v) is 7.05. The predicted molar refractivity (Wildman–Crippen MR) is 42.0 cm³/mol. The topological polar surface area (TPSA) is 37.3 Å². The van der Waals surface area contributed by atoms with Crippen LogP contribution in [0.2, 0.25) is 0 Å². The van der Waals surface area contributed by atoms with E-state index >= 15 is 0 Å². The lowest BCUT2D eigenvalue weighted by Crippen LogP contribution is -1.91. The molecule has 0 radical (unpaired) electrons. The molecule has 0 aliphatic heterocycles. The molecule has 3 heteroatoms. The van der Waals surface area contributed by atoms with Crippen LogP contribution in [0, 0.1) is 0 Å². The highest BCUT2D eigenvalue weighted by Gasteiger charge is 1.89. The first-order valence-electron chi connectivity index (χ1n) is 2.60. The molecule has 0 aliphatic carbocycles. The van der Waals surface area contributed by atoms with Crippen molar-refractivity contribution in [3.8, 4) is 0 Å². The van der Waals surface area contributed by atoms with Crippen molar-refractivity contribution in [1.29, 1.82) is 0 Å². The summed E-state index contributed by atoms with van der Waals surface area (Å²) in [4.78, 5) is 9.84. The lowest BCUT2D eigenvalue weighted by molar-refractivity contribution is -0.136. The molecule has 2 nitrogen and oxygen atoms in total. The number of carboxylic acid groups (broad SMARTS) is 1. The standard InChI is InChI=1S/C6H10O2.BrH/c1-2-3-4-5-6(7)8;/h2-3H,4-5H2,1H3,(H,7,8);1H/b3-2+;. The summed E-state index contributed by atoms with van der Waals surface area (Å²) in [6, 6.07) is 0. The van der Waals surface area contributed by atoms with Crippen LogP contribution in [0.5, 0.6) is 0 Å². The first-order chi connectivity index (χ1) is 3.77. The maximum Gasteiger partial charge on any atom is 0.303 e. The van der Waals surface area contributed by atoms with Crippen LogP contribution in [0.1, 0.15) is 19.8 Å². The fraction of sp³-hybridized carbons (Fsp3) is 0.500. The molecule has 0 bridgehead atoms. The lowest BCUT2D eigenvalue weighted by Gasteiger charge is -1.83. The van der Waals surface area contributed by atoms with Crippen LogP contribution in [-0.4, -0.2) is 11.1 Å². The van der Waals surface area contributed by atoms with Gasteiger partial charge in [0, 0.05) is 6.42 Å². The van der Waals surface area contributed by atoms with Crippen molar-refractivity contribution in [2.24, 2.45) is 0 Å². The highest BCUT2D eigenvalue weighted by molar-refractivity contribution is 8.93. The Morgan fingerprint density at radius 2 is 2.22 bits per heavy atom. The van der Waals surface area contributed by atoms with Gasteiger partial charge in [-0.2, -0.15) is 0 Å². The van der Waals surface area contributed by atoms with Crippen LogP contribution < -0.4 is 0 Å². The first-order valence-corrected chi connectivity index (χ1v) is 2.60. The largest absolute Gasteiger partial charge is 0.481 e. The van der Waals surface area contributed by atoms with Gasteiger partial charge in [0.15, 0.2) is 0 Å². The van der Waals surface area contributed by atoms with Crippen LogP contribution in [0.25, 0.3) is 0 Å². The van der Waals surface area contributed by atoms with Gasteiger partial charge in [0.1, 0.15) is 0 Å². The SMILES string of the molecule is Br.C/C=C/CCC(=O)O. The molecule has 0 heterocycles. The van der Waals surface area contributed by atoms with E-state index in [-0.39, 0.29) is 23.4 Å². The van der Waals surface area contributed by atoms with Crippen LogP contribution in [0.15, 0.2) is 12.2 Å². The van der Waals surface area contributed by atoms with E-state index in [0.29, 0.717) is 6.42 Å². The van der Waals surface area contributed by atoms with Crippen LogP contribution in [0.4, 0.5) is 0 Å². The van der Waals surface area contributed by atoms with E-state index in [1.165, 1.54) is 0 Å². The smallest absolute Gasteiger partial charge is 0.303 e. The summed E-state index contributed by atoms with van der Waals surface area (Å²) >= 11 is 0. The highest BCUT2D eigenvalue weighted by atomic mass is 79.9. The molecule has 0 saturated carbocycles. The van der Waals surface area contributed by atoms with Gasteiger partial charge < -0.3 is 5.11 Å². The molecule has 54 valence electrons. The van der Waals surface area contributed by atoms with Gasteiger partial charge in [-0.15, -0.1) is 17.0 Å². The maximum absolute atomic E-state index is 9.84. The van der Waals surface area contributed by atoms with Crippen molar-refractivity contribution in [2.75, 3.05) is 0 Å². The average molecular weight is 195 g/mol. The zero-order chi connectivity index (χ0) is 6.41. The molecule has 0 spiro atoms. The molecule has 0 rings (SSSR count). The Hall–Kier alpha value is -0.310. The molecular weight excluding hydrogens is 184 g/mol. The Morgan fingerprint density at radius 3 is 2.56 bits per heavy atom. The van der Waals surface area contributed by atoms with Gasteiger partial charge in [0.25, 0.3) is 0 Å². The van der Waals surface area contributed by atoms with E-state index in [4.69, 9.17) is 5.11 Å². The van der Waals surface area contributed by atoms with Crippen LogP contribution >= 0.6 is 17.0 Å². The summed E-state index contributed by atoms with van der Waals surface area (Å²) in [7, 11) is 0. The molecule has 0 amide bonds. The van der Waals surface area contributed by atoms with Gasteiger partial charge in [-0.05, 0) is 13.3 Å². The van der Waals surface area contributed by atoms with Gasteiger partial charge in [-0.1, -0.05) is 12.2 Å². The Bertz CT molecular complexity index is 99.2. The number of halogens is 1. The summed E-state index contributed by atoms with van der Waals surface area (Å²) < 4.78 is 0. The molecular formula is C6H11BrO2. The summed E-state index contributed by atoms with van der Waals surface area (Å²) in [5.41, 5.74) is 0.